The molecule has 0 saturated carbocycles. The maximum Gasteiger partial charge on any atom is 0.239 e. The van der Waals surface area contributed by atoms with Gasteiger partial charge in [0.2, 0.25) is 5.95 Å². The van der Waals surface area contributed by atoms with Crippen LogP contribution in [0.2, 0.25) is 0 Å². The van der Waals surface area contributed by atoms with Gasteiger partial charge in [-0.05, 0) is 26.0 Å². The van der Waals surface area contributed by atoms with Crippen molar-refractivity contribution in [3.8, 4) is 0 Å². The van der Waals surface area contributed by atoms with E-state index < -0.39 is 5.54 Å². The molecule has 0 radical (unpaired) electrons. The molecule has 0 aliphatic heterocycles. The number of hydrazine groups is 1. The van der Waals surface area contributed by atoms with Gasteiger partial charge in [-0.1, -0.05) is 12.1 Å². The van der Waals surface area contributed by atoms with Crippen LogP contribution in [0.3, 0.4) is 0 Å². The summed E-state index contributed by atoms with van der Waals surface area (Å²) in [6, 6.07) is 7.62. The number of nitrogens with zero attached hydrogens (tertiary/aromatic N) is 2. The number of aliphatic hydroxyl groups excluding tert-OH is 1. The molecule has 0 saturated heterocycles. The van der Waals surface area contributed by atoms with Crippen LogP contribution in [0.5, 0.6) is 0 Å². The van der Waals surface area contributed by atoms with Crippen LogP contribution >= 0.6 is 0 Å². The highest BCUT2D eigenvalue weighted by atomic mass is 16.3. The number of aromatic nitrogens is 2. The molecule has 0 spiro atoms. The normalized spacial score (nSPS) is 11.6. The number of hydrogen-bond donors (Lipinski definition) is 4. The van der Waals surface area contributed by atoms with Crippen molar-refractivity contribution in [3.05, 3.63) is 24.3 Å². The molecule has 0 bridgehead atoms. The fraction of sp³-hybridized carbons (Fsp3) is 0.333. The topological polar surface area (TPSA) is 96.1 Å². The second kappa shape index (κ2) is 4.75. The van der Waals surface area contributed by atoms with E-state index >= 15 is 0 Å². The van der Waals surface area contributed by atoms with E-state index in [1.165, 1.54) is 0 Å². The Morgan fingerprint density at radius 2 is 2.00 bits per heavy atom. The highest BCUT2D eigenvalue weighted by Crippen LogP contribution is 2.24. The highest BCUT2D eigenvalue weighted by Gasteiger charge is 2.18. The van der Waals surface area contributed by atoms with Crippen molar-refractivity contribution in [2.75, 3.05) is 17.3 Å². The molecule has 96 valence electrons. The Hall–Kier alpha value is -1.92. The zero-order valence-corrected chi connectivity index (χ0v) is 10.4. The molecule has 0 amide bonds. The van der Waals surface area contributed by atoms with Crippen LogP contribution in [-0.4, -0.2) is 27.2 Å². The SMILES string of the molecule is CC(C)(CO)Nc1nc(NN)nc2ccccc12. The van der Waals surface area contributed by atoms with Gasteiger partial charge in [0.1, 0.15) is 5.82 Å². The largest absolute Gasteiger partial charge is 0.394 e. The minimum atomic E-state index is -0.469. The van der Waals surface area contributed by atoms with Crippen LogP contribution in [0.4, 0.5) is 11.8 Å². The van der Waals surface area contributed by atoms with Crippen LogP contribution in [0, 0.1) is 0 Å². The Morgan fingerprint density at radius 3 is 2.67 bits per heavy atom. The third-order valence-corrected chi connectivity index (χ3v) is 2.58. The second-order valence-corrected chi connectivity index (χ2v) is 4.72. The number of nitrogens with one attached hydrogen (secondary N) is 2. The van der Waals surface area contributed by atoms with Crippen molar-refractivity contribution in [1.82, 2.24) is 9.97 Å². The van der Waals surface area contributed by atoms with Crippen LogP contribution < -0.4 is 16.6 Å². The lowest BCUT2D eigenvalue weighted by molar-refractivity contribution is 0.234. The molecule has 18 heavy (non-hydrogen) atoms. The van der Waals surface area contributed by atoms with E-state index in [1.807, 2.05) is 38.1 Å². The van der Waals surface area contributed by atoms with E-state index in [1.54, 1.807) is 0 Å². The summed E-state index contributed by atoms with van der Waals surface area (Å²) in [5.74, 6) is 6.34. The van der Waals surface area contributed by atoms with Crippen molar-refractivity contribution in [3.63, 3.8) is 0 Å². The van der Waals surface area contributed by atoms with Gasteiger partial charge < -0.3 is 10.4 Å². The summed E-state index contributed by atoms with van der Waals surface area (Å²) in [6.45, 7) is 3.77. The molecular formula is C12H17N5O. The standard InChI is InChI=1S/C12H17N5O/c1-12(2,7-18)16-10-8-5-3-4-6-9(8)14-11(15-10)17-13/h3-6,18H,7,13H2,1-2H3,(H2,14,15,16,17). The molecule has 5 N–H and O–H groups in total. The third kappa shape index (κ3) is 2.49. The molecule has 0 aliphatic carbocycles. The minimum absolute atomic E-state index is 0.00326. The summed E-state index contributed by atoms with van der Waals surface area (Å²) in [5, 5.41) is 13.4. The zero-order valence-electron chi connectivity index (χ0n) is 10.4. The molecule has 0 aliphatic rings. The van der Waals surface area contributed by atoms with Gasteiger partial charge in [-0.25, -0.2) is 10.8 Å². The number of fused-ring (bicyclic) bond motifs is 1. The van der Waals surface area contributed by atoms with Crippen LogP contribution in [0.25, 0.3) is 10.9 Å². The Balaban J connectivity index is 2.53. The number of rotatable bonds is 4. The minimum Gasteiger partial charge on any atom is -0.394 e. The monoisotopic (exact) mass is 247 g/mol. The van der Waals surface area contributed by atoms with Gasteiger partial charge in [-0.3, -0.25) is 5.43 Å². The quantitative estimate of drug-likeness (QED) is 0.477. The summed E-state index contributed by atoms with van der Waals surface area (Å²) in [5.41, 5.74) is 2.76. The number of aliphatic hydroxyl groups is 1. The molecule has 2 rings (SSSR count). The molecule has 2 aromatic rings. The first-order valence-electron chi connectivity index (χ1n) is 5.68. The smallest absolute Gasteiger partial charge is 0.239 e. The van der Waals surface area contributed by atoms with Crippen LogP contribution in [0.1, 0.15) is 13.8 Å². The number of hydrogen-bond acceptors (Lipinski definition) is 6. The first kappa shape index (κ1) is 12.5. The van der Waals surface area contributed by atoms with E-state index in [0.717, 1.165) is 10.9 Å². The van der Waals surface area contributed by atoms with Crippen LogP contribution in [0.15, 0.2) is 24.3 Å². The summed E-state index contributed by atoms with van der Waals surface area (Å²) in [7, 11) is 0. The molecule has 1 heterocycles. The van der Waals surface area contributed by atoms with E-state index in [2.05, 4.69) is 20.7 Å². The highest BCUT2D eigenvalue weighted by molar-refractivity contribution is 5.90. The first-order valence-corrected chi connectivity index (χ1v) is 5.68. The maximum absolute atomic E-state index is 9.31. The Morgan fingerprint density at radius 1 is 1.28 bits per heavy atom. The zero-order chi connectivity index (χ0) is 13.2. The van der Waals surface area contributed by atoms with Crippen molar-refractivity contribution in [2.45, 2.75) is 19.4 Å². The van der Waals surface area contributed by atoms with Gasteiger partial charge in [-0.15, -0.1) is 0 Å². The summed E-state index contributed by atoms with van der Waals surface area (Å²) >= 11 is 0. The van der Waals surface area contributed by atoms with Gasteiger partial charge in [-0.2, -0.15) is 4.98 Å². The van der Waals surface area contributed by atoms with Gasteiger partial charge in [0.25, 0.3) is 0 Å². The summed E-state index contributed by atoms with van der Waals surface area (Å²) in [6.07, 6.45) is 0. The predicted molar refractivity (Wildman–Crippen MR) is 72.1 cm³/mol. The average molecular weight is 247 g/mol. The lowest BCUT2D eigenvalue weighted by atomic mass is 10.1. The molecule has 0 fully saturated rings. The molecule has 0 atom stereocenters. The number of benzene rings is 1. The van der Waals surface area contributed by atoms with Gasteiger partial charge in [0.15, 0.2) is 0 Å². The number of anilines is 2. The van der Waals surface area contributed by atoms with Crippen molar-refractivity contribution in [1.29, 1.82) is 0 Å². The van der Waals surface area contributed by atoms with E-state index in [0.29, 0.717) is 11.8 Å². The fourth-order valence-electron chi connectivity index (χ4n) is 1.60. The Labute approximate surface area is 105 Å². The molecule has 6 heteroatoms. The fourth-order valence-corrected chi connectivity index (χ4v) is 1.60. The van der Waals surface area contributed by atoms with Crippen LogP contribution in [-0.2, 0) is 0 Å². The van der Waals surface area contributed by atoms with Gasteiger partial charge in [0.05, 0.1) is 17.7 Å². The Kier molecular flexibility index (Phi) is 3.31. The van der Waals surface area contributed by atoms with E-state index in [9.17, 15) is 5.11 Å². The predicted octanol–water partition coefficient (Wildman–Crippen LogP) is 1.10. The molecule has 0 unspecified atom stereocenters. The van der Waals surface area contributed by atoms with Gasteiger partial charge in [0, 0.05) is 5.39 Å². The number of para-hydroxylation sites is 1. The average Bonchev–Trinajstić information content (AvgIpc) is 2.38. The summed E-state index contributed by atoms with van der Waals surface area (Å²) < 4.78 is 0. The molecule has 1 aromatic heterocycles. The Bertz CT molecular complexity index is 555. The maximum atomic E-state index is 9.31. The second-order valence-electron chi connectivity index (χ2n) is 4.72. The molecular weight excluding hydrogens is 230 g/mol. The number of nitrogens with two attached hydrogens (primary N) is 1. The first-order chi connectivity index (χ1) is 8.55. The number of nitrogen functional groups attached to an aromatic ring is 1. The molecule has 6 nitrogen and oxygen atoms in total. The summed E-state index contributed by atoms with van der Waals surface area (Å²) in [4.78, 5) is 8.54. The van der Waals surface area contributed by atoms with Crippen molar-refractivity contribution in [2.24, 2.45) is 5.84 Å². The van der Waals surface area contributed by atoms with Crippen molar-refractivity contribution < 1.29 is 5.11 Å². The van der Waals surface area contributed by atoms with Crippen molar-refractivity contribution >= 4 is 22.7 Å². The molecule has 1 aromatic carbocycles. The van der Waals surface area contributed by atoms with E-state index in [-0.39, 0.29) is 6.61 Å². The lowest BCUT2D eigenvalue weighted by Crippen LogP contribution is -2.35. The van der Waals surface area contributed by atoms with E-state index in [4.69, 9.17) is 5.84 Å². The lowest BCUT2D eigenvalue weighted by Gasteiger charge is -2.25. The van der Waals surface area contributed by atoms with Gasteiger partial charge >= 0.3 is 0 Å². The third-order valence-electron chi connectivity index (χ3n) is 2.58.